The summed E-state index contributed by atoms with van der Waals surface area (Å²) in [5, 5.41) is 9.87. The van der Waals surface area contributed by atoms with Crippen molar-refractivity contribution in [1.29, 1.82) is 0 Å². The molecule has 0 bridgehead atoms. The Morgan fingerprint density at radius 1 is 1.25 bits per heavy atom. The number of nitrogens with zero attached hydrogens (tertiary/aromatic N) is 2. The van der Waals surface area contributed by atoms with E-state index in [1.807, 2.05) is 20.8 Å². The Hall–Kier alpha value is -2.15. The van der Waals surface area contributed by atoms with Crippen LogP contribution in [-0.4, -0.2) is 28.1 Å². The maximum Gasteiger partial charge on any atom is 0.227 e. The van der Waals surface area contributed by atoms with Crippen LogP contribution in [0.3, 0.4) is 0 Å². The number of thiophene rings is 1. The van der Waals surface area contributed by atoms with E-state index in [9.17, 15) is 9.59 Å². The van der Waals surface area contributed by atoms with Gasteiger partial charge >= 0.3 is 0 Å². The number of anilines is 1. The predicted octanol–water partition coefficient (Wildman–Crippen LogP) is 2.79. The van der Waals surface area contributed by atoms with E-state index < -0.39 is 5.41 Å². The number of carbonyl (C=O) groups excluding carboxylic acids is 2. The zero-order valence-corrected chi connectivity index (χ0v) is 15.4. The molecule has 2 N–H and O–H groups in total. The monoisotopic (exact) mass is 348 g/mol. The Morgan fingerprint density at radius 3 is 2.62 bits per heavy atom. The Kier molecular flexibility index (Phi) is 5.77. The largest absolute Gasteiger partial charge is 0.355 e. The summed E-state index contributed by atoms with van der Waals surface area (Å²) < 4.78 is 1.76. The van der Waals surface area contributed by atoms with Crippen molar-refractivity contribution in [3.05, 3.63) is 34.2 Å². The van der Waals surface area contributed by atoms with Crippen LogP contribution in [0.2, 0.25) is 0 Å². The fourth-order valence-corrected chi connectivity index (χ4v) is 2.92. The molecule has 7 heteroatoms. The van der Waals surface area contributed by atoms with Gasteiger partial charge in [-0.3, -0.25) is 9.59 Å². The van der Waals surface area contributed by atoms with Crippen LogP contribution in [0.15, 0.2) is 24.4 Å². The average molecular weight is 348 g/mol. The van der Waals surface area contributed by atoms with E-state index in [1.165, 1.54) is 9.75 Å². The van der Waals surface area contributed by atoms with Gasteiger partial charge in [0.2, 0.25) is 11.8 Å². The van der Waals surface area contributed by atoms with Crippen LogP contribution in [0.4, 0.5) is 5.82 Å². The molecule has 130 valence electrons. The second-order valence-corrected chi connectivity index (χ2v) is 8.06. The van der Waals surface area contributed by atoms with Crippen LogP contribution in [0.25, 0.3) is 0 Å². The highest BCUT2D eigenvalue weighted by atomic mass is 32.1. The number of carbonyl (C=O) groups is 2. The summed E-state index contributed by atoms with van der Waals surface area (Å²) in [4.78, 5) is 26.2. The number of amides is 2. The van der Waals surface area contributed by atoms with Gasteiger partial charge in [0.05, 0.1) is 12.7 Å². The summed E-state index contributed by atoms with van der Waals surface area (Å²) in [7, 11) is 0. The standard InChI is InChI=1S/C17H24N4O2S/c1-12-5-6-13(24-12)11-21-14(7-10-19-21)20-15(22)8-9-18-16(23)17(2,3)4/h5-7,10H,8-9,11H2,1-4H3,(H,18,23)(H,20,22). The molecule has 24 heavy (non-hydrogen) atoms. The van der Waals surface area contributed by atoms with Crippen LogP contribution in [-0.2, 0) is 16.1 Å². The van der Waals surface area contributed by atoms with Crippen molar-refractivity contribution >= 4 is 29.0 Å². The summed E-state index contributed by atoms with van der Waals surface area (Å²) in [5.74, 6) is 0.454. The van der Waals surface area contributed by atoms with E-state index >= 15 is 0 Å². The van der Waals surface area contributed by atoms with Gasteiger partial charge in [-0.05, 0) is 19.1 Å². The summed E-state index contributed by atoms with van der Waals surface area (Å²) in [6, 6.07) is 5.90. The molecule has 2 amide bonds. The first-order valence-corrected chi connectivity index (χ1v) is 8.72. The number of nitrogens with one attached hydrogen (secondary N) is 2. The van der Waals surface area contributed by atoms with Crippen molar-refractivity contribution in [3.63, 3.8) is 0 Å². The highest BCUT2D eigenvalue weighted by molar-refractivity contribution is 7.11. The first-order valence-electron chi connectivity index (χ1n) is 7.91. The molecular formula is C17H24N4O2S. The van der Waals surface area contributed by atoms with Gasteiger partial charge in [0.1, 0.15) is 5.82 Å². The van der Waals surface area contributed by atoms with Gasteiger partial charge in [0.25, 0.3) is 0 Å². The zero-order chi connectivity index (χ0) is 17.7. The molecule has 2 aromatic rings. The Balaban J connectivity index is 1.84. The van der Waals surface area contributed by atoms with Crippen molar-refractivity contribution in [3.8, 4) is 0 Å². The summed E-state index contributed by atoms with van der Waals surface area (Å²) in [6.07, 6.45) is 1.89. The zero-order valence-electron chi connectivity index (χ0n) is 14.5. The van der Waals surface area contributed by atoms with Gasteiger partial charge in [-0.15, -0.1) is 11.3 Å². The number of aryl methyl sites for hydroxylation is 1. The van der Waals surface area contributed by atoms with Crippen LogP contribution < -0.4 is 10.6 Å². The number of aromatic nitrogens is 2. The maximum absolute atomic E-state index is 12.0. The van der Waals surface area contributed by atoms with Crippen molar-refractivity contribution in [2.75, 3.05) is 11.9 Å². The van der Waals surface area contributed by atoms with E-state index in [1.54, 1.807) is 28.3 Å². The van der Waals surface area contributed by atoms with Gasteiger partial charge < -0.3 is 10.6 Å². The van der Waals surface area contributed by atoms with Crippen LogP contribution >= 0.6 is 11.3 Å². The molecule has 0 aliphatic rings. The van der Waals surface area contributed by atoms with E-state index in [4.69, 9.17) is 0 Å². The second-order valence-electron chi connectivity index (χ2n) is 6.69. The third-order valence-electron chi connectivity index (χ3n) is 3.40. The van der Waals surface area contributed by atoms with Crippen LogP contribution in [0, 0.1) is 12.3 Å². The summed E-state index contributed by atoms with van der Waals surface area (Å²) in [6.45, 7) is 8.53. The van der Waals surface area contributed by atoms with Gasteiger partial charge in [0, 0.05) is 34.2 Å². The summed E-state index contributed by atoms with van der Waals surface area (Å²) >= 11 is 1.71. The molecule has 0 saturated heterocycles. The summed E-state index contributed by atoms with van der Waals surface area (Å²) in [5.41, 5.74) is -0.450. The van der Waals surface area contributed by atoms with E-state index in [2.05, 4.69) is 34.8 Å². The van der Waals surface area contributed by atoms with E-state index in [0.717, 1.165) is 0 Å². The minimum atomic E-state index is -0.450. The lowest BCUT2D eigenvalue weighted by molar-refractivity contribution is -0.128. The molecule has 0 radical (unpaired) electrons. The molecule has 0 fully saturated rings. The quantitative estimate of drug-likeness (QED) is 0.843. The average Bonchev–Trinajstić information content (AvgIpc) is 3.08. The molecule has 0 unspecified atom stereocenters. The minimum absolute atomic E-state index is 0.0617. The minimum Gasteiger partial charge on any atom is -0.355 e. The molecule has 2 aromatic heterocycles. The van der Waals surface area contributed by atoms with Gasteiger partial charge in [-0.25, -0.2) is 4.68 Å². The predicted molar refractivity (Wildman–Crippen MR) is 96.1 cm³/mol. The molecule has 0 spiro atoms. The van der Waals surface area contributed by atoms with Crippen LogP contribution in [0.1, 0.15) is 36.9 Å². The van der Waals surface area contributed by atoms with Crippen molar-refractivity contribution in [2.45, 2.75) is 40.7 Å². The van der Waals surface area contributed by atoms with Gasteiger partial charge in [0.15, 0.2) is 0 Å². The lowest BCUT2D eigenvalue weighted by atomic mass is 9.96. The van der Waals surface area contributed by atoms with Crippen molar-refractivity contribution < 1.29 is 9.59 Å². The molecule has 2 rings (SSSR count). The first-order chi connectivity index (χ1) is 11.3. The molecule has 2 heterocycles. The Bertz CT molecular complexity index is 712. The lowest BCUT2D eigenvalue weighted by Gasteiger charge is -2.17. The van der Waals surface area contributed by atoms with E-state index in [0.29, 0.717) is 18.9 Å². The Labute approximate surface area is 146 Å². The molecule has 0 saturated carbocycles. The third-order valence-corrected chi connectivity index (χ3v) is 4.39. The number of hydrogen-bond donors (Lipinski definition) is 2. The maximum atomic E-state index is 12.0. The topological polar surface area (TPSA) is 76.0 Å². The lowest BCUT2D eigenvalue weighted by Crippen LogP contribution is -2.36. The van der Waals surface area contributed by atoms with Gasteiger partial charge in [-0.2, -0.15) is 5.10 Å². The molecule has 0 aliphatic heterocycles. The normalized spacial score (nSPS) is 11.3. The number of hydrogen-bond acceptors (Lipinski definition) is 4. The smallest absolute Gasteiger partial charge is 0.227 e. The molecule has 0 atom stereocenters. The molecule has 0 aromatic carbocycles. The Morgan fingerprint density at radius 2 is 2.00 bits per heavy atom. The third kappa shape index (κ3) is 5.19. The van der Waals surface area contributed by atoms with Crippen LogP contribution in [0.5, 0.6) is 0 Å². The SMILES string of the molecule is Cc1ccc(Cn2nccc2NC(=O)CCNC(=O)C(C)(C)C)s1. The van der Waals surface area contributed by atoms with E-state index in [-0.39, 0.29) is 18.2 Å². The molecule has 6 nitrogen and oxygen atoms in total. The molecule has 0 aliphatic carbocycles. The second kappa shape index (κ2) is 7.61. The first kappa shape index (κ1) is 18.2. The fraction of sp³-hybridized carbons (Fsp3) is 0.471. The number of rotatable bonds is 6. The molecular weight excluding hydrogens is 324 g/mol. The fourth-order valence-electron chi connectivity index (χ4n) is 2.04. The van der Waals surface area contributed by atoms with Crippen molar-refractivity contribution in [2.24, 2.45) is 5.41 Å². The highest BCUT2D eigenvalue weighted by Crippen LogP contribution is 2.18. The van der Waals surface area contributed by atoms with Gasteiger partial charge in [-0.1, -0.05) is 20.8 Å². The highest BCUT2D eigenvalue weighted by Gasteiger charge is 2.20. The van der Waals surface area contributed by atoms with Crippen molar-refractivity contribution in [1.82, 2.24) is 15.1 Å².